The van der Waals surface area contributed by atoms with E-state index in [1.165, 1.54) is 7.11 Å². The first kappa shape index (κ1) is 45.1. The van der Waals surface area contributed by atoms with Gasteiger partial charge in [-0.2, -0.15) is 0 Å². The van der Waals surface area contributed by atoms with Gasteiger partial charge < -0.3 is 83.9 Å². The molecule has 4 saturated carbocycles. The zero-order valence-corrected chi connectivity index (χ0v) is 34.8. The van der Waals surface area contributed by atoms with Gasteiger partial charge in [0.15, 0.2) is 18.9 Å². The maximum absolute atomic E-state index is 12.6. The summed E-state index contributed by atoms with van der Waals surface area (Å²) in [5, 5.41) is 96.6. The number of aliphatic hydroxyl groups excluding tert-OH is 8. The molecule has 342 valence electrons. The van der Waals surface area contributed by atoms with E-state index in [1.807, 2.05) is 0 Å². The largest absolute Gasteiger partial charge is 0.458 e. The third-order valence-electron chi connectivity index (χ3n) is 16.5. The topological polar surface area (TPSA) is 273 Å². The Hall–Kier alpha value is -1.43. The van der Waals surface area contributed by atoms with Crippen molar-refractivity contribution in [2.24, 2.45) is 34.5 Å². The molecule has 23 unspecified atom stereocenters. The molecule has 4 aliphatic carbocycles. The fraction of sp³-hybridized carbons (Fsp3) is 0.929. The van der Waals surface area contributed by atoms with Gasteiger partial charge in [-0.1, -0.05) is 13.8 Å². The van der Waals surface area contributed by atoms with E-state index < -0.39 is 111 Å². The van der Waals surface area contributed by atoms with E-state index in [1.54, 1.807) is 13.0 Å². The monoisotopic (exact) mass is 858 g/mol. The molecular weight excluding hydrogens is 792 g/mol. The summed E-state index contributed by atoms with van der Waals surface area (Å²) in [6, 6.07) is 0. The predicted molar refractivity (Wildman–Crippen MR) is 203 cm³/mol. The molecule has 0 radical (unpaired) electrons. The Labute approximate surface area is 349 Å². The number of hydrogen-bond donors (Lipinski definition) is 9. The molecule has 4 heterocycles. The van der Waals surface area contributed by atoms with Gasteiger partial charge in [0.1, 0.15) is 73.8 Å². The molecule has 60 heavy (non-hydrogen) atoms. The SMILES string of the molecule is COC1C(O)C(OC2CCC3(C)C(CCC4C3CCC3(C)C(C5=CC(=O)OC5)CCC43O)C2)OC(C)C1OC1OC(COC2OC(CO)C(O)C(O)C2O)C(O)C(O)C1O. The molecule has 0 aromatic heterocycles. The zero-order valence-electron chi connectivity index (χ0n) is 34.8. The van der Waals surface area contributed by atoms with Crippen molar-refractivity contribution in [3.63, 3.8) is 0 Å². The molecule has 18 heteroatoms. The average Bonchev–Trinajstić information content (AvgIpc) is 3.78. The summed E-state index contributed by atoms with van der Waals surface area (Å²) in [4.78, 5) is 12.0. The van der Waals surface area contributed by atoms with E-state index >= 15 is 0 Å². The zero-order chi connectivity index (χ0) is 43.1. The minimum atomic E-state index is -1.77. The van der Waals surface area contributed by atoms with Crippen LogP contribution in [-0.2, 0) is 42.7 Å². The Kier molecular flexibility index (Phi) is 12.9. The Morgan fingerprint density at radius 2 is 1.42 bits per heavy atom. The number of fused-ring (bicyclic) bond motifs is 5. The van der Waals surface area contributed by atoms with Crippen LogP contribution in [0.15, 0.2) is 11.6 Å². The van der Waals surface area contributed by atoms with E-state index in [-0.39, 0.29) is 34.7 Å². The first-order valence-corrected chi connectivity index (χ1v) is 21.8. The van der Waals surface area contributed by atoms with Crippen LogP contribution < -0.4 is 0 Å². The number of cyclic esters (lactones) is 1. The van der Waals surface area contributed by atoms with Gasteiger partial charge in [0.25, 0.3) is 0 Å². The minimum absolute atomic E-state index is 0.00760. The Balaban J connectivity index is 0.875. The highest BCUT2D eigenvalue weighted by Gasteiger charge is 2.68. The summed E-state index contributed by atoms with van der Waals surface area (Å²) in [7, 11) is 1.39. The molecule has 8 aliphatic rings. The third-order valence-corrected chi connectivity index (χ3v) is 16.5. The normalized spacial score (nSPS) is 54.4. The molecule has 3 saturated heterocycles. The van der Waals surface area contributed by atoms with Crippen LogP contribution in [0.2, 0.25) is 0 Å². The van der Waals surface area contributed by atoms with Crippen LogP contribution in [0.25, 0.3) is 0 Å². The lowest BCUT2D eigenvalue weighted by Crippen LogP contribution is -2.65. The van der Waals surface area contributed by atoms with Crippen molar-refractivity contribution < 1.29 is 88.6 Å². The van der Waals surface area contributed by atoms with Crippen LogP contribution >= 0.6 is 0 Å². The highest BCUT2D eigenvalue weighted by molar-refractivity contribution is 5.85. The molecule has 0 aromatic carbocycles. The maximum Gasteiger partial charge on any atom is 0.331 e. The van der Waals surface area contributed by atoms with E-state index in [0.29, 0.717) is 18.4 Å². The molecule has 0 spiro atoms. The number of aliphatic hydroxyl groups is 9. The van der Waals surface area contributed by atoms with Crippen molar-refractivity contribution in [2.45, 2.75) is 182 Å². The standard InChI is InChI=1S/C42H66O18/c1-18-35(60-38-33(50)31(48)29(46)26(59-38)17-55-37-32(49)30(47)28(45)25(15-43)58-37)36(53-4)34(51)39(56-18)57-21-7-10-40(2)20(14-21)5-6-24-23(40)8-11-41(3)22(9-12-42(24,41)52)19-13-27(44)54-16-19/h13,18,20-26,28-39,43,45-52H,5-12,14-17H2,1-4H3. The molecule has 0 aromatic rings. The average molecular weight is 859 g/mol. The lowest BCUT2D eigenvalue weighted by atomic mass is 9.43. The Bertz CT molecular complexity index is 1570. The first-order chi connectivity index (χ1) is 28.4. The van der Waals surface area contributed by atoms with Crippen molar-refractivity contribution in [1.82, 2.24) is 0 Å². The molecule has 18 nitrogen and oxygen atoms in total. The number of hydrogen-bond acceptors (Lipinski definition) is 18. The van der Waals surface area contributed by atoms with Gasteiger partial charge in [0, 0.05) is 18.6 Å². The van der Waals surface area contributed by atoms with Crippen molar-refractivity contribution in [2.75, 3.05) is 26.9 Å². The predicted octanol–water partition coefficient (Wildman–Crippen LogP) is -1.24. The fourth-order valence-electron chi connectivity index (χ4n) is 13.0. The lowest BCUT2D eigenvalue weighted by Gasteiger charge is -2.64. The minimum Gasteiger partial charge on any atom is -0.458 e. The molecule has 4 aliphatic heterocycles. The van der Waals surface area contributed by atoms with Crippen LogP contribution in [0.1, 0.15) is 78.6 Å². The van der Waals surface area contributed by atoms with E-state index in [2.05, 4.69) is 13.8 Å². The summed E-state index contributed by atoms with van der Waals surface area (Å²) in [5.41, 5.74) is -0.0850. The summed E-state index contributed by atoms with van der Waals surface area (Å²) in [5.74, 6) is 0.725. The van der Waals surface area contributed by atoms with Crippen molar-refractivity contribution >= 4 is 5.97 Å². The smallest absolute Gasteiger partial charge is 0.331 e. The van der Waals surface area contributed by atoms with Gasteiger partial charge in [-0.15, -0.1) is 0 Å². The number of rotatable bonds is 10. The number of methoxy groups -OCH3 is 1. The summed E-state index contributed by atoms with van der Waals surface area (Å²) in [6.45, 7) is 5.42. The molecule has 0 amide bonds. The van der Waals surface area contributed by atoms with Gasteiger partial charge in [0.2, 0.25) is 0 Å². The highest BCUT2D eigenvalue weighted by Crippen LogP contribution is 2.70. The van der Waals surface area contributed by atoms with Gasteiger partial charge in [-0.3, -0.25) is 0 Å². The van der Waals surface area contributed by atoms with Crippen LogP contribution in [0.3, 0.4) is 0 Å². The maximum atomic E-state index is 12.6. The first-order valence-electron chi connectivity index (χ1n) is 21.8. The molecule has 8 rings (SSSR count). The van der Waals surface area contributed by atoms with Gasteiger partial charge in [-0.05, 0) is 99.4 Å². The molecule has 23 atom stereocenters. The number of carbonyl (C=O) groups is 1. The lowest BCUT2D eigenvalue weighted by molar-refractivity contribution is -0.367. The van der Waals surface area contributed by atoms with E-state index in [0.717, 1.165) is 63.4 Å². The number of esters is 1. The fourth-order valence-corrected chi connectivity index (χ4v) is 13.0. The Morgan fingerprint density at radius 1 is 0.733 bits per heavy atom. The second kappa shape index (κ2) is 17.2. The van der Waals surface area contributed by atoms with Crippen molar-refractivity contribution in [1.29, 1.82) is 0 Å². The highest BCUT2D eigenvalue weighted by atomic mass is 16.8. The number of carbonyl (C=O) groups excluding carboxylic acids is 1. The summed E-state index contributed by atoms with van der Waals surface area (Å²) in [6.07, 6.45) is -11.9. The van der Waals surface area contributed by atoms with E-state index in [9.17, 15) is 50.8 Å². The summed E-state index contributed by atoms with van der Waals surface area (Å²) >= 11 is 0. The van der Waals surface area contributed by atoms with Crippen molar-refractivity contribution in [3.8, 4) is 0 Å². The van der Waals surface area contributed by atoms with Crippen LogP contribution in [0.5, 0.6) is 0 Å². The molecular formula is C42H66O18. The van der Waals surface area contributed by atoms with E-state index in [4.69, 9.17) is 37.9 Å². The third kappa shape index (κ3) is 7.50. The second-order valence-electron chi connectivity index (χ2n) is 19.4. The van der Waals surface area contributed by atoms with Crippen LogP contribution in [-0.4, -0.2) is 183 Å². The van der Waals surface area contributed by atoms with Gasteiger partial charge in [-0.25, -0.2) is 4.79 Å². The van der Waals surface area contributed by atoms with Gasteiger partial charge in [0.05, 0.1) is 31.0 Å². The molecule has 9 N–H and O–H groups in total. The van der Waals surface area contributed by atoms with Crippen LogP contribution in [0.4, 0.5) is 0 Å². The van der Waals surface area contributed by atoms with Crippen molar-refractivity contribution in [3.05, 3.63) is 11.6 Å². The molecule has 7 fully saturated rings. The Morgan fingerprint density at radius 3 is 2.10 bits per heavy atom. The number of ether oxygens (including phenoxy) is 8. The van der Waals surface area contributed by atoms with Gasteiger partial charge >= 0.3 is 5.97 Å². The quantitative estimate of drug-likeness (QED) is 0.0918. The van der Waals surface area contributed by atoms with Crippen LogP contribution in [0, 0.1) is 34.5 Å². The second-order valence-corrected chi connectivity index (χ2v) is 19.4. The molecule has 0 bridgehead atoms. The summed E-state index contributed by atoms with van der Waals surface area (Å²) < 4.78 is 46.6.